The second-order valence-corrected chi connectivity index (χ2v) is 6.22. The van der Waals surface area contributed by atoms with Crippen molar-refractivity contribution in [1.29, 1.82) is 0 Å². The lowest BCUT2D eigenvalue weighted by Gasteiger charge is -2.36. The van der Waals surface area contributed by atoms with E-state index in [1.165, 1.54) is 15.6 Å². The fourth-order valence-electron chi connectivity index (χ4n) is 3.51. The largest absolute Gasteiger partial charge is 0.337 e. The van der Waals surface area contributed by atoms with Gasteiger partial charge in [0.25, 0.3) is 12.0 Å². The van der Waals surface area contributed by atoms with Crippen LogP contribution in [0.4, 0.5) is 8.78 Å². The second kappa shape index (κ2) is 5.44. The maximum absolute atomic E-state index is 13.5. The number of aryl methyl sites for hydroxylation is 1. The average molecular weight is 311 g/mol. The topological polar surface area (TPSA) is 55.2 Å². The van der Waals surface area contributed by atoms with Gasteiger partial charge in [-0.25, -0.2) is 13.5 Å². The number of hydrogen-bond donors (Lipinski definition) is 0. The molecule has 1 saturated carbocycles. The van der Waals surface area contributed by atoms with Crippen molar-refractivity contribution < 1.29 is 13.6 Å². The van der Waals surface area contributed by atoms with Crippen molar-refractivity contribution >= 4 is 5.91 Å². The SMILES string of the molecule is Cn1nc2c(cc1=O)CN(C(=O)C1(C(F)F)CCCC1)CC2. The summed E-state index contributed by atoms with van der Waals surface area (Å²) in [5.41, 5.74) is -0.337. The van der Waals surface area contributed by atoms with Crippen LogP contribution < -0.4 is 5.56 Å². The maximum atomic E-state index is 13.5. The van der Waals surface area contributed by atoms with Gasteiger partial charge < -0.3 is 4.90 Å². The first-order chi connectivity index (χ1) is 10.4. The van der Waals surface area contributed by atoms with E-state index in [4.69, 9.17) is 0 Å². The lowest BCUT2D eigenvalue weighted by Crippen LogP contribution is -2.48. The molecule has 0 spiro atoms. The predicted molar refractivity (Wildman–Crippen MR) is 75.5 cm³/mol. The molecule has 1 fully saturated rings. The Morgan fingerprint density at radius 3 is 2.68 bits per heavy atom. The van der Waals surface area contributed by atoms with Gasteiger partial charge in [-0.3, -0.25) is 9.59 Å². The minimum Gasteiger partial charge on any atom is -0.337 e. The third kappa shape index (κ3) is 2.32. The number of alkyl halides is 2. The van der Waals surface area contributed by atoms with E-state index in [2.05, 4.69) is 5.10 Å². The van der Waals surface area contributed by atoms with Crippen molar-refractivity contribution in [2.75, 3.05) is 6.54 Å². The molecule has 7 heteroatoms. The molecule has 0 saturated heterocycles. The van der Waals surface area contributed by atoms with Gasteiger partial charge in [-0.2, -0.15) is 5.10 Å². The number of nitrogens with zero attached hydrogens (tertiary/aromatic N) is 3. The van der Waals surface area contributed by atoms with Crippen LogP contribution in [-0.2, 0) is 24.8 Å². The Bertz CT molecular complexity index is 651. The van der Waals surface area contributed by atoms with Crippen LogP contribution in [0, 0.1) is 5.41 Å². The average Bonchev–Trinajstić information content (AvgIpc) is 2.98. The molecule has 22 heavy (non-hydrogen) atoms. The molecule has 0 N–H and O–H groups in total. The number of hydrogen-bond acceptors (Lipinski definition) is 3. The highest BCUT2D eigenvalue weighted by Gasteiger charge is 2.51. The molecule has 1 aromatic rings. The summed E-state index contributed by atoms with van der Waals surface area (Å²) in [4.78, 5) is 25.8. The highest BCUT2D eigenvalue weighted by molar-refractivity contribution is 5.83. The normalized spacial score (nSPS) is 20.3. The minimum atomic E-state index is -2.63. The first-order valence-electron chi connectivity index (χ1n) is 7.58. The standard InChI is InChI=1S/C15H19F2N3O2/c1-19-12(21)8-10-9-20(7-4-11(10)18-19)14(22)15(13(16)17)5-2-3-6-15/h8,13H,2-7,9H2,1H3. The molecule has 2 heterocycles. The molecule has 120 valence electrons. The molecule has 1 amide bonds. The first kappa shape index (κ1) is 15.1. The van der Waals surface area contributed by atoms with Gasteiger partial charge in [-0.1, -0.05) is 12.8 Å². The van der Waals surface area contributed by atoms with Gasteiger partial charge in [-0.05, 0) is 12.8 Å². The van der Waals surface area contributed by atoms with E-state index in [0.717, 1.165) is 5.69 Å². The Hall–Kier alpha value is -1.79. The van der Waals surface area contributed by atoms with E-state index < -0.39 is 17.7 Å². The summed E-state index contributed by atoms with van der Waals surface area (Å²) in [6, 6.07) is 1.45. The second-order valence-electron chi connectivity index (χ2n) is 6.22. The van der Waals surface area contributed by atoms with Crippen LogP contribution >= 0.6 is 0 Å². The highest BCUT2D eigenvalue weighted by atomic mass is 19.3. The van der Waals surface area contributed by atoms with Crippen molar-refractivity contribution in [1.82, 2.24) is 14.7 Å². The van der Waals surface area contributed by atoms with Crippen molar-refractivity contribution in [3.05, 3.63) is 27.7 Å². The van der Waals surface area contributed by atoms with Gasteiger partial charge in [0.05, 0.1) is 5.69 Å². The van der Waals surface area contributed by atoms with Crippen molar-refractivity contribution in [3.8, 4) is 0 Å². The van der Waals surface area contributed by atoms with Crippen molar-refractivity contribution in [2.45, 2.75) is 45.1 Å². The Labute approximate surface area is 126 Å². The number of fused-ring (bicyclic) bond motifs is 1. The number of halogens is 2. The molecule has 0 radical (unpaired) electrons. The van der Waals surface area contributed by atoms with Crippen LogP contribution in [0.5, 0.6) is 0 Å². The first-order valence-corrected chi connectivity index (χ1v) is 7.58. The predicted octanol–water partition coefficient (Wildman–Crippen LogP) is 1.49. The third-order valence-electron chi connectivity index (χ3n) is 4.86. The Morgan fingerprint density at radius 2 is 2.05 bits per heavy atom. The maximum Gasteiger partial charge on any atom is 0.266 e. The van der Waals surface area contributed by atoms with Crippen LogP contribution in [0.1, 0.15) is 36.9 Å². The van der Waals surface area contributed by atoms with Gasteiger partial charge in [0.1, 0.15) is 5.41 Å². The quantitative estimate of drug-likeness (QED) is 0.831. The molecule has 0 bridgehead atoms. The van der Waals surface area contributed by atoms with E-state index in [-0.39, 0.29) is 24.9 Å². The van der Waals surface area contributed by atoms with E-state index >= 15 is 0 Å². The summed E-state index contributed by atoms with van der Waals surface area (Å²) in [6.45, 7) is 0.581. The van der Waals surface area contributed by atoms with Gasteiger partial charge >= 0.3 is 0 Å². The zero-order valence-electron chi connectivity index (χ0n) is 12.5. The zero-order valence-corrected chi connectivity index (χ0v) is 12.5. The lowest BCUT2D eigenvalue weighted by molar-refractivity contribution is -0.153. The molecule has 0 unspecified atom stereocenters. The summed E-state index contributed by atoms with van der Waals surface area (Å²) in [5, 5.41) is 4.18. The number of amides is 1. The summed E-state index contributed by atoms with van der Waals surface area (Å²) in [6.07, 6.45) is -0.297. The third-order valence-corrected chi connectivity index (χ3v) is 4.86. The molecule has 1 aliphatic carbocycles. The number of aromatic nitrogens is 2. The zero-order chi connectivity index (χ0) is 15.9. The molecule has 0 aromatic carbocycles. The number of carbonyl (C=O) groups is 1. The monoisotopic (exact) mass is 311 g/mol. The highest BCUT2D eigenvalue weighted by Crippen LogP contribution is 2.45. The van der Waals surface area contributed by atoms with Crippen LogP contribution in [0.25, 0.3) is 0 Å². The Kier molecular flexibility index (Phi) is 3.74. The molecule has 1 aromatic heterocycles. The minimum absolute atomic E-state index is 0.200. The molecule has 3 rings (SSSR count). The number of carbonyl (C=O) groups excluding carboxylic acids is 1. The summed E-state index contributed by atoms with van der Waals surface area (Å²) in [5.74, 6) is -0.466. The van der Waals surface area contributed by atoms with Crippen LogP contribution in [0.15, 0.2) is 10.9 Å². The van der Waals surface area contributed by atoms with Crippen LogP contribution in [0.2, 0.25) is 0 Å². The summed E-state index contributed by atoms with van der Waals surface area (Å²) in [7, 11) is 1.57. The van der Waals surface area contributed by atoms with E-state index in [0.29, 0.717) is 31.4 Å². The van der Waals surface area contributed by atoms with Crippen LogP contribution in [-0.4, -0.2) is 33.6 Å². The Morgan fingerprint density at radius 1 is 1.36 bits per heavy atom. The smallest absolute Gasteiger partial charge is 0.266 e. The molecular weight excluding hydrogens is 292 g/mol. The van der Waals surface area contributed by atoms with Crippen molar-refractivity contribution in [2.24, 2.45) is 12.5 Å². The van der Waals surface area contributed by atoms with Gasteiger partial charge in [0.2, 0.25) is 5.91 Å². The van der Waals surface area contributed by atoms with Gasteiger partial charge in [0, 0.05) is 38.2 Å². The van der Waals surface area contributed by atoms with Crippen LogP contribution in [0.3, 0.4) is 0 Å². The Balaban J connectivity index is 1.86. The lowest BCUT2D eigenvalue weighted by atomic mass is 9.84. The molecule has 2 aliphatic rings. The summed E-state index contributed by atoms with van der Waals surface area (Å²) >= 11 is 0. The molecule has 5 nitrogen and oxygen atoms in total. The fraction of sp³-hybridized carbons (Fsp3) is 0.667. The molecule has 1 aliphatic heterocycles. The molecular formula is C15H19F2N3O2. The van der Waals surface area contributed by atoms with Gasteiger partial charge in [0.15, 0.2) is 0 Å². The summed E-state index contributed by atoms with van der Waals surface area (Å²) < 4.78 is 28.3. The van der Waals surface area contributed by atoms with E-state index in [1.54, 1.807) is 7.05 Å². The fourth-order valence-corrected chi connectivity index (χ4v) is 3.51. The van der Waals surface area contributed by atoms with Crippen molar-refractivity contribution in [3.63, 3.8) is 0 Å². The van der Waals surface area contributed by atoms with Gasteiger partial charge in [-0.15, -0.1) is 0 Å². The molecule has 0 atom stereocenters. The number of rotatable bonds is 2. The van der Waals surface area contributed by atoms with E-state index in [1.807, 2.05) is 0 Å². The van der Waals surface area contributed by atoms with E-state index in [9.17, 15) is 18.4 Å².